The van der Waals surface area contributed by atoms with Gasteiger partial charge in [-0.05, 0) is 30.7 Å². The fraction of sp³-hybridized carbons (Fsp3) is 0.467. The predicted molar refractivity (Wildman–Crippen MR) is 85.2 cm³/mol. The summed E-state index contributed by atoms with van der Waals surface area (Å²) in [5, 5.41) is 11.3. The number of carbonyl (C=O) groups excluding carboxylic acids is 1. The minimum absolute atomic E-state index is 0.0891. The highest BCUT2D eigenvalue weighted by molar-refractivity contribution is 7.89. The maximum Gasteiger partial charge on any atom is 0.326 e. The molecule has 1 atom stereocenters. The molecule has 1 amide bonds. The molecule has 1 heterocycles. The Kier molecular flexibility index (Phi) is 5.92. The molecule has 0 aromatic heterocycles. The summed E-state index contributed by atoms with van der Waals surface area (Å²) in [5.74, 6) is -1.67. The highest BCUT2D eigenvalue weighted by Crippen LogP contribution is 2.17. The second kappa shape index (κ2) is 7.73. The second-order valence-electron chi connectivity index (χ2n) is 5.31. The third kappa shape index (κ3) is 4.11. The van der Waals surface area contributed by atoms with Gasteiger partial charge in [-0.2, -0.15) is 4.31 Å². The zero-order chi connectivity index (χ0) is 17.7. The standard InChI is InChI=1S/C15H20N2O6S/c1-2-13(15(19)20)16-14(18)11-3-5-12(6-4-11)24(21,22)17-7-9-23-10-8-17/h3-6,13H,2,7-10H2,1H3,(H,16,18)(H,19,20). The van der Waals surface area contributed by atoms with Gasteiger partial charge in [-0.3, -0.25) is 4.79 Å². The Labute approximate surface area is 140 Å². The summed E-state index contributed by atoms with van der Waals surface area (Å²) < 4.78 is 31.4. The van der Waals surface area contributed by atoms with Crippen LogP contribution in [-0.4, -0.2) is 62.1 Å². The number of rotatable bonds is 6. The molecular formula is C15H20N2O6S. The van der Waals surface area contributed by atoms with E-state index in [0.717, 1.165) is 0 Å². The van der Waals surface area contributed by atoms with Gasteiger partial charge in [0.25, 0.3) is 5.91 Å². The average molecular weight is 356 g/mol. The van der Waals surface area contributed by atoms with E-state index < -0.39 is 27.9 Å². The lowest BCUT2D eigenvalue weighted by Crippen LogP contribution is -2.41. The molecule has 1 saturated heterocycles. The van der Waals surface area contributed by atoms with E-state index >= 15 is 0 Å². The van der Waals surface area contributed by atoms with Crippen molar-refractivity contribution >= 4 is 21.9 Å². The first-order valence-corrected chi connectivity index (χ1v) is 9.02. The first-order chi connectivity index (χ1) is 11.4. The quantitative estimate of drug-likeness (QED) is 0.758. The van der Waals surface area contributed by atoms with Crippen molar-refractivity contribution in [2.75, 3.05) is 26.3 Å². The predicted octanol–water partition coefficient (Wildman–Crippen LogP) is 0.301. The van der Waals surface area contributed by atoms with E-state index in [9.17, 15) is 18.0 Å². The summed E-state index contributed by atoms with van der Waals surface area (Å²) in [6, 6.07) is 4.46. The van der Waals surface area contributed by atoms with Crippen LogP contribution in [0.4, 0.5) is 0 Å². The molecule has 0 aliphatic carbocycles. The van der Waals surface area contributed by atoms with Gasteiger partial charge < -0.3 is 15.2 Å². The van der Waals surface area contributed by atoms with E-state index in [-0.39, 0.29) is 16.9 Å². The Morgan fingerprint density at radius 1 is 1.25 bits per heavy atom. The lowest BCUT2D eigenvalue weighted by molar-refractivity contribution is -0.139. The minimum atomic E-state index is -3.62. The van der Waals surface area contributed by atoms with Crippen molar-refractivity contribution in [3.63, 3.8) is 0 Å². The molecule has 8 nitrogen and oxygen atoms in total. The largest absolute Gasteiger partial charge is 0.480 e. The summed E-state index contributed by atoms with van der Waals surface area (Å²) in [6.45, 7) is 2.94. The number of amides is 1. The van der Waals surface area contributed by atoms with Crippen LogP contribution in [0.2, 0.25) is 0 Å². The zero-order valence-corrected chi connectivity index (χ0v) is 14.1. The number of aliphatic carboxylic acids is 1. The molecular weight excluding hydrogens is 336 g/mol. The van der Waals surface area contributed by atoms with Crippen molar-refractivity contribution in [3.8, 4) is 0 Å². The molecule has 0 spiro atoms. The first-order valence-electron chi connectivity index (χ1n) is 7.58. The van der Waals surface area contributed by atoms with Crippen LogP contribution in [0.1, 0.15) is 23.7 Å². The fourth-order valence-electron chi connectivity index (χ4n) is 2.29. The molecule has 0 radical (unpaired) electrons. The molecule has 0 bridgehead atoms. The van der Waals surface area contributed by atoms with E-state index in [1.54, 1.807) is 6.92 Å². The number of nitrogens with one attached hydrogen (secondary N) is 1. The topological polar surface area (TPSA) is 113 Å². The van der Waals surface area contributed by atoms with Gasteiger partial charge in [0.05, 0.1) is 18.1 Å². The third-order valence-electron chi connectivity index (χ3n) is 3.74. The molecule has 9 heteroatoms. The van der Waals surface area contributed by atoms with Gasteiger partial charge >= 0.3 is 5.97 Å². The Morgan fingerprint density at radius 3 is 2.33 bits per heavy atom. The van der Waals surface area contributed by atoms with E-state index in [0.29, 0.717) is 26.3 Å². The van der Waals surface area contributed by atoms with Gasteiger partial charge in [-0.1, -0.05) is 6.92 Å². The van der Waals surface area contributed by atoms with Crippen LogP contribution in [0.3, 0.4) is 0 Å². The molecule has 1 aliphatic rings. The first kappa shape index (κ1) is 18.4. The number of hydrogen-bond acceptors (Lipinski definition) is 5. The van der Waals surface area contributed by atoms with E-state index in [1.165, 1.54) is 28.6 Å². The molecule has 1 aliphatic heterocycles. The van der Waals surface area contributed by atoms with E-state index in [4.69, 9.17) is 9.84 Å². The number of sulfonamides is 1. The normalized spacial score (nSPS) is 17.2. The van der Waals surface area contributed by atoms with Gasteiger partial charge in [0, 0.05) is 18.7 Å². The molecule has 24 heavy (non-hydrogen) atoms. The number of nitrogens with zero attached hydrogens (tertiary/aromatic N) is 1. The van der Waals surface area contributed by atoms with Gasteiger partial charge in [0.1, 0.15) is 6.04 Å². The second-order valence-corrected chi connectivity index (χ2v) is 7.25. The van der Waals surface area contributed by atoms with Gasteiger partial charge in [0.2, 0.25) is 10.0 Å². The highest BCUT2D eigenvalue weighted by atomic mass is 32.2. The molecule has 1 aromatic rings. The molecule has 0 saturated carbocycles. The summed E-state index contributed by atoms with van der Waals surface area (Å²) in [7, 11) is -3.62. The Bertz CT molecular complexity index is 695. The number of carboxylic acid groups (broad SMARTS) is 1. The van der Waals surface area contributed by atoms with Crippen LogP contribution in [-0.2, 0) is 19.6 Å². The molecule has 132 valence electrons. The molecule has 2 rings (SSSR count). The number of carbonyl (C=O) groups is 2. The van der Waals surface area contributed by atoms with E-state index in [2.05, 4.69) is 5.32 Å². The Morgan fingerprint density at radius 2 is 1.83 bits per heavy atom. The summed E-state index contributed by atoms with van der Waals surface area (Å²) in [5.41, 5.74) is 0.204. The number of benzene rings is 1. The number of hydrogen-bond donors (Lipinski definition) is 2. The Balaban J connectivity index is 2.12. The molecule has 1 fully saturated rings. The van der Waals surface area contributed by atoms with Gasteiger partial charge in [0.15, 0.2) is 0 Å². The SMILES string of the molecule is CCC(NC(=O)c1ccc(S(=O)(=O)N2CCOCC2)cc1)C(=O)O. The van der Waals surface area contributed by atoms with Crippen molar-refractivity contribution in [2.45, 2.75) is 24.3 Å². The summed E-state index contributed by atoms with van der Waals surface area (Å²) >= 11 is 0. The average Bonchev–Trinajstić information content (AvgIpc) is 2.60. The number of morpholine rings is 1. The monoisotopic (exact) mass is 356 g/mol. The zero-order valence-electron chi connectivity index (χ0n) is 13.3. The van der Waals surface area contributed by atoms with Crippen molar-refractivity contribution in [2.24, 2.45) is 0 Å². The van der Waals surface area contributed by atoms with Crippen molar-refractivity contribution in [1.29, 1.82) is 0 Å². The summed E-state index contributed by atoms with van der Waals surface area (Å²) in [6.07, 6.45) is 0.255. The lowest BCUT2D eigenvalue weighted by Gasteiger charge is -2.26. The van der Waals surface area contributed by atoms with Crippen LogP contribution in [0.5, 0.6) is 0 Å². The maximum absolute atomic E-state index is 12.5. The summed E-state index contributed by atoms with van der Waals surface area (Å²) in [4.78, 5) is 23.1. The minimum Gasteiger partial charge on any atom is -0.480 e. The van der Waals surface area contributed by atoms with Crippen LogP contribution in [0, 0.1) is 0 Å². The third-order valence-corrected chi connectivity index (χ3v) is 5.65. The van der Waals surface area contributed by atoms with Gasteiger partial charge in [-0.15, -0.1) is 0 Å². The van der Waals surface area contributed by atoms with Crippen molar-refractivity contribution < 1.29 is 27.9 Å². The smallest absolute Gasteiger partial charge is 0.326 e. The van der Waals surface area contributed by atoms with Crippen molar-refractivity contribution in [1.82, 2.24) is 9.62 Å². The van der Waals surface area contributed by atoms with Crippen molar-refractivity contribution in [3.05, 3.63) is 29.8 Å². The fourth-order valence-corrected chi connectivity index (χ4v) is 3.70. The Hall–Kier alpha value is -1.97. The molecule has 2 N–H and O–H groups in total. The highest BCUT2D eigenvalue weighted by Gasteiger charge is 2.26. The van der Waals surface area contributed by atoms with Crippen LogP contribution >= 0.6 is 0 Å². The number of carboxylic acids is 1. The maximum atomic E-state index is 12.5. The molecule has 1 unspecified atom stereocenters. The van der Waals surface area contributed by atoms with Crippen LogP contribution < -0.4 is 5.32 Å². The van der Waals surface area contributed by atoms with Gasteiger partial charge in [-0.25, -0.2) is 13.2 Å². The lowest BCUT2D eigenvalue weighted by atomic mass is 10.1. The van der Waals surface area contributed by atoms with E-state index in [1.807, 2.05) is 0 Å². The van der Waals surface area contributed by atoms with Crippen LogP contribution in [0.25, 0.3) is 0 Å². The molecule has 1 aromatic carbocycles. The van der Waals surface area contributed by atoms with Crippen LogP contribution in [0.15, 0.2) is 29.2 Å². The number of ether oxygens (including phenoxy) is 1.